The maximum atomic E-state index is 12.1. The first kappa shape index (κ1) is 20.0. The fraction of sp³-hybridized carbons (Fsp3) is 0.211. The van der Waals surface area contributed by atoms with E-state index in [1.54, 1.807) is 24.3 Å². The number of nitrogens with zero attached hydrogens (tertiary/aromatic N) is 2. The van der Waals surface area contributed by atoms with Crippen LogP contribution < -0.4 is 15.4 Å². The molecule has 0 radical (unpaired) electrons. The van der Waals surface area contributed by atoms with Crippen molar-refractivity contribution in [2.45, 2.75) is 18.7 Å². The Morgan fingerprint density at radius 2 is 2.00 bits per heavy atom. The van der Waals surface area contributed by atoms with Gasteiger partial charge in [0.05, 0.1) is 18.9 Å². The summed E-state index contributed by atoms with van der Waals surface area (Å²) >= 11 is 7.12. The van der Waals surface area contributed by atoms with Gasteiger partial charge in [-0.05, 0) is 49.4 Å². The van der Waals surface area contributed by atoms with Gasteiger partial charge in [0, 0.05) is 16.4 Å². The van der Waals surface area contributed by atoms with Gasteiger partial charge in [-0.1, -0.05) is 29.4 Å². The number of thioether (sulfide) groups is 1. The molecule has 0 unspecified atom stereocenters. The summed E-state index contributed by atoms with van der Waals surface area (Å²) in [6, 6.07) is 14.5. The standard InChI is InChI=1S/C19H19ClN4O3S/c1-2-26-16-8-6-14(7-9-16)22-17(25)12-28-19-24-23-18(27-19)11-21-15-5-3-4-13(20)10-15/h3-10,21H,2,11-12H2,1H3,(H,22,25). The lowest BCUT2D eigenvalue weighted by Crippen LogP contribution is -2.13. The van der Waals surface area contributed by atoms with Gasteiger partial charge in [0.1, 0.15) is 5.75 Å². The predicted octanol–water partition coefficient (Wildman–Crippen LogP) is 4.46. The van der Waals surface area contributed by atoms with Crippen LogP contribution in [0.3, 0.4) is 0 Å². The van der Waals surface area contributed by atoms with Crippen molar-refractivity contribution < 1.29 is 13.9 Å². The van der Waals surface area contributed by atoms with E-state index in [4.69, 9.17) is 20.8 Å². The van der Waals surface area contributed by atoms with Crippen LogP contribution in [0.4, 0.5) is 11.4 Å². The Morgan fingerprint density at radius 1 is 1.18 bits per heavy atom. The monoisotopic (exact) mass is 418 g/mol. The molecule has 3 rings (SSSR count). The van der Waals surface area contributed by atoms with Gasteiger partial charge in [0.2, 0.25) is 11.8 Å². The van der Waals surface area contributed by atoms with Crippen LogP contribution >= 0.6 is 23.4 Å². The van der Waals surface area contributed by atoms with Crippen LogP contribution in [0.25, 0.3) is 0 Å². The number of aromatic nitrogens is 2. The first-order valence-electron chi connectivity index (χ1n) is 8.59. The van der Waals surface area contributed by atoms with Crippen molar-refractivity contribution in [1.82, 2.24) is 10.2 Å². The highest BCUT2D eigenvalue weighted by Crippen LogP contribution is 2.20. The molecule has 2 N–H and O–H groups in total. The molecule has 0 atom stereocenters. The number of anilines is 2. The van der Waals surface area contributed by atoms with Crippen molar-refractivity contribution in [1.29, 1.82) is 0 Å². The molecule has 0 saturated carbocycles. The lowest BCUT2D eigenvalue weighted by molar-refractivity contribution is -0.113. The lowest BCUT2D eigenvalue weighted by atomic mass is 10.3. The van der Waals surface area contributed by atoms with Gasteiger partial charge in [0.25, 0.3) is 5.22 Å². The normalized spacial score (nSPS) is 10.5. The molecule has 9 heteroatoms. The van der Waals surface area contributed by atoms with Crippen molar-refractivity contribution in [3.05, 3.63) is 59.4 Å². The molecule has 1 heterocycles. The zero-order valence-electron chi connectivity index (χ0n) is 15.1. The van der Waals surface area contributed by atoms with Crippen LogP contribution in [-0.2, 0) is 11.3 Å². The van der Waals surface area contributed by atoms with E-state index in [1.165, 1.54) is 11.8 Å². The van der Waals surface area contributed by atoms with E-state index in [0.29, 0.717) is 35.0 Å². The number of nitrogens with one attached hydrogen (secondary N) is 2. The predicted molar refractivity (Wildman–Crippen MR) is 110 cm³/mol. The first-order chi connectivity index (χ1) is 13.6. The van der Waals surface area contributed by atoms with Crippen molar-refractivity contribution in [2.24, 2.45) is 0 Å². The van der Waals surface area contributed by atoms with Crippen LogP contribution in [0.15, 0.2) is 58.2 Å². The molecule has 28 heavy (non-hydrogen) atoms. The van der Waals surface area contributed by atoms with Crippen LogP contribution in [0, 0.1) is 0 Å². The molecule has 0 spiro atoms. The molecule has 0 fully saturated rings. The Balaban J connectivity index is 1.43. The number of rotatable bonds is 9. The van der Waals surface area contributed by atoms with Gasteiger partial charge in [-0.3, -0.25) is 4.79 Å². The third-order valence-corrected chi connectivity index (χ3v) is 4.55. The second-order valence-corrected chi connectivity index (χ2v) is 6.98. The number of hydrogen-bond donors (Lipinski definition) is 2. The lowest BCUT2D eigenvalue weighted by Gasteiger charge is -2.06. The minimum atomic E-state index is -0.161. The fourth-order valence-electron chi connectivity index (χ4n) is 2.27. The Morgan fingerprint density at radius 3 is 2.75 bits per heavy atom. The molecule has 146 valence electrons. The summed E-state index contributed by atoms with van der Waals surface area (Å²) < 4.78 is 10.9. The smallest absolute Gasteiger partial charge is 0.277 e. The highest BCUT2D eigenvalue weighted by Gasteiger charge is 2.10. The van der Waals surface area contributed by atoms with Gasteiger partial charge >= 0.3 is 0 Å². The molecule has 0 saturated heterocycles. The summed E-state index contributed by atoms with van der Waals surface area (Å²) in [5.74, 6) is 1.19. The third-order valence-electron chi connectivity index (χ3n) is 3.49. The SMILES string of the molecule is CCOc1ccc(NC(=O)CSc2nnc(CNc3cccc(Cl)c3)o2)cc1. The molecular weight excluding hydrogens is 400 g/mol. The molecule has 3 aromatic rings. The summed E-state index contributed by atoms with van der Waals surface area (Å²) in [5.41, 5.74) is 1.56. The summed E-state index contributed by atoms with van der Waals surface area (Å²) in [6.45, 7) is 2.89. The number of halogens is 1. The summed E-state index contributed by atoms with van der Waals surface area (Å²) in [5, 5.41) is 14.8. The highest BCUT2D eigenvalue weighted by molar-refractivity contribution is 7.99. The number of carbonyl (C=O) groups is 1. The van der Waals surface area contributed by atoms with Crippen molar-refractivity contribution >= 4 is 40.6 Å². The van der Waals surface area contributed by atoms with E-state index in [-0.39, 0.29) is 11.7 Å². The van der Waals surface area contributed by atoms with E-state index in [1.807, 2.05) is 31.2 Å². The topological polar surface area (TPSA) is 89.3 Å². The molecular formula is C19H19ClN4O3S. The van der Waals surface area contributed by atoms with E-state index in [0.717, 1.165) is 11.4 Å². The molecule has 1 amide bonds. The van der Waals surface area contributed by atoms with Crippen molar-refractivity contribution in [2.75, 3.05) is 23.0 Å². The maximum Gasteiger partial charge on any atom is 0.277 e. The van der Waals surface area contributed by atoms with Crippen LogP contribution in [0.1, 0.15) is 12.8 Å². The van der Waals surface area contributed by atoms with Crippen molar-refractivity contribution in [3.8, 4) is 5.75 Å². The summed E-state index contributed by atoms with van der Waals surface area (Å²) in [7, 11) is 0. The second kappa shape index (κ2) is 10.0. The number of carbonyl (C=O) groups excluding carboxylic acids is 1. The zero-order chi connectivity index (χ0) is 19.8. The van der Waals surface area contributed by atoms with Crippen molar-refractivity contribution in [3.63, 3.8) is 0 Å². The Labute approximate surface area is 171 Å². The van der Waals surface area contributed by atoms with E-state index in [2.05, 4.69) is 20.8 Å². The minimum absolute atomic E-state index is 0.161. The maximum absolute atomic E-state index is 12.1. The molecule has 1 aromatic heterocycles. The first-order valence-corrected chi connectivity index (χ1v) is 9.96. The fourth-order valence-corrected chi connectivity index (χ4v) is 3.04. The molecule has 0 aliphatic carbocycles. The Hall–Kier alpha value is -2.71. The summed E-state index contributed by atoms with van der Waals surface area (Å²) in [4.78, 5) is 12.1. The summed E-state index contributed by atoms with van der Waals surface area (Å²) in [6.07, 6.45) is 0. The number of ether oxygens (including phenoxy) is 1. The highest BCUT2D eigenvalue weighted by atomic mass is 35.5. The van der Waals surface area contributed by atoms with Gasteiger partial charge in [-0.25, -0.2) is 0 Å². The van der Waals surface area contributed by atoms with Crippen LogP contribution in [-0.4, -0.2) is 28.5 Å². The van der Waals surface area contributed by atoms with Gasteiger partial charge in [-0.15, -0.1) is 10.2 Å². The van der Waals surface area contributed by atoms with E-state index in [9.17, 15) is 4.79 Å². The number of benzene rings is 2. The van der Waals surface area contributed by atoms with E-state index < -0.39 is 0 Å². The average molecular weight is 419 g/mol. The van der Waals surface area contributed by atoms with Gasteiger partial charge in [-0.2, -0.15) is 0 Å². The average Bonchev–Trinajstić information content (AvgIpc) is 3.15. The van der Waals surface area contributed by atoms with E-state index >= 15 is 0 Å². The van der Waals surface area contributed by atoms with Crippen LogP contribution in [0.2, 0.25) is 5.02 Å². The third kappa shape index (κ3) is 6.17. The molecule has 7 nitrogen and oxygen atoms in total. The Bertz CT molecular complexity index is 918. The largest absolute Gasteiger partial charge is 0.494 e. The van der Waals surface area contributed by atoms with Gasteiger partial charge in [0.15, 0.2) is 0 Å². The Kier molecular flexibility index (Phi) is 7.16. The molecule has 0 bridgehead atoms. The zero-order valence-corrected chi connectivity index (χ0v) is 16.7. The quantitative estimate of drug-likeness (QED) is 0.495. The minimum Gasteiger partial charge on any atom is -0.494 e. The second-order valence-electron chi connectivity index (χ2n) is 5.62. The molecule has 0 aliphatic rings. The number of hydrogen-bond acceptors (Lipinski definition) is 7. The number of amides is 1. The molecule has 0 aliphatic heterocycles. The van der Waals surface area contributed by atoms with Gasteiger partial charge < -0.3 is 19.8 Å². The molecule has 2 aromatic carbocycles. The van der Waals surface area contributed by atoms with Crippen LogP contribution in [0.5, 0.6) is 5.75 Å².